The molecule has 0 saturated heterocycles. The Labute approximate surface area is 79.7 Å². The van der Waals surface area contributed by atoms with Crippen LogP contribution >= 0.6 is 0 Å². The third-order valence-electron chi connectivity index (χ3n) is 1.36. The first-order valence-corrected chi connectivity index (χ1v) is 5.35. The fourth-order valence-electron chi connectivity index (χ4n) is 0.737. The smallest absolute Gasteiger partial charge is 0.264 e. The molecule has 78 valence electrons. The predicted molar refractivity (Wildman–Crippen MR) is 43.8 cm³/mol. The van der Waals surface area contributed by atoms with Crippen LogP contribution in [0.5, 0.6) is 0 Å². The van der Waals surface area contributed by atoms with Crippen LogP contribution in [0.4, 0.5) is 8.78 Å². The van der Waals surface area contributed by atoms with E-state index < -0.39 is 28.5 Å². The van der Waals surface area contributed by atoms with Crippen molar-refractivity contribution in [3.63, 3.8) is 0 Å². The topological polar surface area (TPSA) is 56.3 Å². The molecular formula is C7H7F2NO3S. The number of pyridine rings is 1. The van der Waals surface area contributed by atoms with Crippen molar-refractivity contribution in [3.05, 3.63) is 29.6 Å². The SMILES string of the molecule is CS(=O)(=O)OCc1ccnc(F)c1F. The van der Waals surface area contributed by atoms with Crippen LogP contribution in [0.3, 0.4) is 0 Å². The molecule has 0 aliphatic carbocycles. The molecule has 0 aliphatic rings. The number of hydrogen-bond donors (Lipinski definition) is 0. The van der Waals surface area contributed by atoms with Gasteiger partial charge in [-0.15, -0.1) is 0 Å². The lowest BCUT2D eigenvalue weighted by Crippen LogP contribution is -2.05. The minimum absolute atomic E-state index is 0.192. The van der Waals surface area contributed by atoms with Crippen molar-refractivity contribution in [3.8, 4) is 0 Å². The number of nitrogens with zero attached hydrogens (tertiary/aromatic N) is 1. The maximum atomic E-state index is 12.9. The van der Waals surface area contributed by atoms with Gasteiger partial charge in [-0.05, 0) is 6.07 Å². The molecule has 0 saturated carbocycles. The van der Waals surface area contributed by atoms with Crippen LogP contribution in [0.2, 0.25) is 0 Å². The summed E-state index contributed by atoms with van der Waals surface area (Å²) in [6.45, 7) is -0.538. The first-order chi connectivity index (χ1) is 6.40. The quantitative estimate of drug-likeness (QED) is 0.562. The minimum Gasteiger partial charge on any atom is -0.265 e. The van der Waals surface area contributed by atoms with Crippen molar-refractivity contribution in [1.82, 2.24) is 4.98 Å². The van der Waals surface area contributed by atoms with Gasteiger partial charge < -0.3 is 0 Å². The molecule has 1 aromatic rings. The molecule has 1 heterocycles. The summed E-state index contributed by atoms with van der Waals surface area (Å²) in [4.78, 5) is 3.04. The highest BCUT2D eigenvalue weighted by Crippen LogP contribution is 2.10. The van der Waals surface area contributed by atoms with E-state index in [1.54, 1.807) is 0 Å². The summed E-state index contributed by atoms with van der Waals surface area (Å²) in [5.41, 5.74) is -0.192. The second-order valence-electron chi connectivity index (χ2n) is 2.54. The van der Waals surface area contributed by atoms with E-state index in [2.05, 4.69) is 9.17 Å². The van der Waals surface area contributed by atoms with Gasteiger partial charge in [0.05, 0.1) is 12.9 Å². The maximum absolute atomic E-state index is 12.9. The maximum Gasteiger partial charge on any atom is 0.264 e. The molecule has 0 aromatic carbocycles. The standard InChI is InChI=1S/C7H7F2NO3S/c1-14(11,12)13-4-5-2-3-10-7(9)6(5)8/h2-3H,4H2,1H3. The molecule has 7 heteroatoms. The summed E-state index contributed by atoms with van der Waals surface area (Å²) in [6, 6.07) is 1.14. The lowest BCUT2D eigenvalue weighted by atomic mass is 10.3. The van der Waals surface area contributed by atoms with Gasteiger partial charge in [0.15, 0.2) is 5.82 Å². The molecule has 0 fully saturated rings. The predicted octanol–water partition coefficient (Wildman–Crippen LogP) is 0.836. The van der Waals surface area contributed by atoms with Gasteiger partial charge in [0, 0.05) is 11.8 Å². The Bertz CT molecular complexity index is 433. The summed E-state index contributed by atoms with van der Waals surface area (Å²) >= 11 is 0. The van der Waals surface area contributed by atoms with Gasteiger partial charge in [-0.1, -0.05) is 0 Å². The Hall–Kier alpha value is -1.08. The van der Waals surface area contributed by atoms with Gasteiger partial charge in [-0.25, -0.2) is 9.37 Å². The van der Waals surface area contributed by atoms with Crippen LogP contribution in [0, 0.1) is 11.8 Å². The zero-order valence-electron chi connectivity index (χ0n) is 7.20. The van der Waals surface area contributed by atoms with E-state index in [1.165, 1.54) is 0 Å². The third kappa shape index (κ3) is 3.00. The molecule has 0 atom stereocenters. The van der Waals surface area contributed by atoms with Crippen molar-refractivity contribution in [2.45, 2.75) is 6.61 Å². The number of rotatable bonds is 3. The zero-order chi connectivity index (χ0) is 10.8. The van der Waals surface area contributed by atoms with Crippen molar-refractivity contribution in [2.75, 3.05) is 6.26 Å². The average Bonchev–Trinajstić information content (AvgIpc) is 2.06. The van der Waals surface area contributed by atoms with E-state index in [0.717, 1.165) is 18.5 Å². The normalized spacial score (nSPS) is 11.6. The van der Waals surface area contributed by atoms with E-state index >= 15 is 0 Å². The number of halogens is 2. The van der Waals surface area contributed by atoms with Crippen molar-refractivity contribution < 1.29 is 21.4 Å². The van der Waals surface area contributed by atoms with Gasteiger partial charge >= 0.3 is 0 Å². The molecule has 0 N–H and O–H groups in total. The fourth-order valence-corrected chi connectivity index (χ4v) is 1.08. The largest absolute Gasteiger partial charge is 0.265 e. The molecule has 4 nitrogen and oxygen atoms in total. The van der Waals surface area contributed by atoms with Crippen LogP contribution in [-0.4, -0.2) is 19.7 Å². The highest BCUT2D eigenvalue weighted by atomic mass is 32.2. The van der Waals surface area contributed by atoms with Crippen LogP contribution in [0.25, 0.3) is 0 Å². The Morgan fingerprint density at radius 1 is 1.50 bits per heavy atom. The monoisotopic (exact) mass is 223 g/mol. The summed E-state index contributed by atoms with van der Waals surface area (Å²) in [7, 11) is -3.66. The first-order valence-electron chi connectivity index (χ1n) is 3.53. The minimum atomic E-state index is -3.66. The highest BCUT2D eigenvalue weighted by Gasteiger charge is 2.11. The highest BCUT2D eigenvalue weighted by molar-refractivity contribution is 7.85. The second-order valence-corrected chi connectivity index (χ2v) is 4.19. The van der Waals surface area contributed by atoms with Crippen LogP contribution < -0.4 is 0 Å². The fraction of sp³-hybridized carbons (Fsp3) is 0.286. The van der Waals surface area contributed by atoms with Crippen molar-refractivity contribution >= 4 is 10.1 Å². The summed E-state index contributed by atoms with van der Waals surface area (Å²) in [5.74, 6) is -2.48. The Balaban J connectivity index is 2.83. The molecular weight excluding hydrogens is 216 g/mol. The van der Waals surface area contributed by atoms with Crippen molar-refractivity contribution in [1.29, 1.82) is 0 Å². The summed E-state index contributed by atoms with van der Waals surface area (Å²) < 4.78 is 50.8. The number of aromatic nitrogens is 1. The molecule has 1 rings (SSSR count). The Morgan fingerprint density at radius 2 is 2.14 bits per heavy atom. The molecule has 0 aliphatic heterocycles. The van der Waals surface area contributed by atoms with E-state index in [-0.39, 0.29) is 5.56 Å². The van der Waals surface area contributed by atoms with E-state index in [1.807, 2.05) is 0 Å². The second kappa shape index (κ2) is 3.97. The van der Waals surface area contributed by atoms with Gasteiger partial charge in [-0.3, -0.25) is 4.18 Å². The molecule has 0 unspecified atom stereocenters. The molecule has 0 amide bonds. The summed E-state index contributed by atoms with van der Waals surface area (Å²) in [6.07, 6.45) is 1.85. The summed E-state index contributed by atoms with van der Waals surface area (Å²) in [5, 5.41) is 0. The van der Waals surface area contributed by atoms with E-state index in [0.29, 0.717) is 0 Å². The molecule has 14 heavy (non-hydrogen) atoms. The zero-order valence-corrected chi connectivity index (χ0v) is 8.01. The molecule has 0 spiro atoms. The van der Waals surface area contributed by atoms with Crippen molar-refractivity contribution in [2.24, 2.45) is 0 Å². The van der Waals surface area contributed by atoms with Crippen LogP contribution in [0.15, 0.2) is 12.3 Å². The Morgan fingerprint density at radius 3 is 2.71 bits per heavy atom. The van der Waals surface area contributed by atoms with Gasteiger partial charge in [-0.2, -0.15) is 12.8 Å². The van der Waals surface area contributed by atoms with E-state index in [9.17, 15) is 17.2 Å². The molecule has 0 bridgehead atoms. The average molecular weight is 223 g/mol. The third-order valence-corrected chi connectivity index (χ3v) is 1.90. The number of hydrogen-bond acceptors (Lipinski definition) is 4. The lowest BCUT2D eigenvalue weighted by Gasteiger charge is -2.02. The van der Waals surface area contributed by atoms with E-state index in [4.69, 9.17) is 0 Å². The van der Waals surface area contributed by atoms with Crippen LogP contribution in [0.1, 0.15) is 5.56 Å². The lowest BCUT2D eigenvalue weighted by molar-refractivity contribution is 0.302. The van der Waals surface area contributed by atoms with Gasteiger partial charge in [0.25, 0.3) is 10.1 Å². The molecule has 0 radical (unpaired) electrons. The van der Waals surface area contributed by atoms with Crippen LogP contribution in [-0.2, 0) is 20.9 Å². The van der Waals surface area contributed by atoms with Gasteiger partial charge in [0.2, 0.25) is 5.95 Å². The van der Waals surface area contributed by atoms with Gasteiger partial charge in [0.1, 0.15) is 0 Å². The molecule has 1 aromatic heterocycles. The first kappa shape index (κ1) is 11.0. The Kier molecular flexibility index (Phi) is 3.12.